The number of amides is 1. The molecule has 1 amide bonds. The van der Waals surface area contributed by atoms with Crippen molar-refractivity contribution in [1.82, 2.24) is 19.6 Å². The topological polar surface area (TPSA) is 50.6 Å². The van der Waals surface area contributed by atoms with Crippen molar-refractivity contribution in [2.75, 3.05) is 33.3 Å². The summed E-state index contributed by atoms with van der Waals surface area (Å²) in [6.07, 6.45) is 1.82. The fourth-order valence-corrected chi connectivity index (χ4v) is 3.57. The molecule has 2 aromatic rings. The van der Waals surface area contributed by atoms with E-state index in [0.717, 1.165) is 44.2 Å². The van der Waals surface area contributed by atoms with E-state index in [9.17, 15) is 4.79 Å². The summed E-state index contributed by atoms with van der Waals surface area (Å²) in [4.78, 5) is 17.5. The van der Waals surface area contributed by atoms with Gasteiger partial charge in [0.1, 0.15) is 5.75 Å². The number of nitrogens with zero attached hydrogens (tertiary/aromatic N) is 4. The van der Waals surface area contributed by atoms with Crippen molar-refractivity contribution in [3.63, 3.8) is 0 Å². The van der Waals surface area contributed by atoms with Crippen LogP contribution in [0.4, 0.5) is 0 Å². The lowest BCUT2D eigenvalue weighted by Crippen LogP contribution is -2.39. The molecular weight excluding hydrogens is 328 g/mol. The van der Waals surface area contributed by atoms with Gasteiger partial charge in [0.15, 0.2) is 0 Å². The third-order valence-electron chi connectivity index (χ3n) is 5.10. The molecule has 1 aromatic carbocycles. The highest BCUT2D eigenvalue weighted by molar-refractivity contribution is 5.94. The Bertz CT molecular complexity index is 722. The Labute approximate surface area is 155 Å². The van der Waals surface area contributed by atoms with Crippen LogP contribution in [0.2, 0.25) is 0 Å². The molecule has 140 valence electrons. The van der Waals surface area contributed by atoms with Crippen molar-refractivity contribution >= 4 is 5.91 Å². The SMILES string of the molecule is CCN(CC)C[C@@H]1CN(C(=O)c2ccc(OC)cc2)Cc2ccnn2C1. The van der Waals surface area contributed by atoms with E-state index < -0.39 is 0 Å². The van der Waals surface area contributed by atoms with Crippen LogP contribution in [0.25, 0.3) is 0 Å². The Hall–Kier alpha value is -2.34. The number of hydrogen-bond donors (Lipinski definition) is 0. The minimum Gasteiger partial charge on any atom is -0.497 e. The van der Waals surface area contributed by atoms with Gasteiger partial charge in [0.2, 0.25) is 0 Å². The van der Waals surface area contributed by atoms with Crippen molar-refractivity contribution in [1.29, 1.82) is 0 Å². The van der Waals surface area contributed by atoms with Crippen LogP contribution in [-0.2, 0) is 13.1 Å². The fourth-order valence-electron chi connectivity index (χ4n) is 3.57. The lowest BCUT2D eigenvalue weighted by Gasteiger charge is -2.28. The van der Waals surface area contributed by atoms with Crippen molar-refractivity contribution in [2.24, 2.45) is 5.92 Å². The molecule has 0 N–H and O–H groups in total. The second kappa shape index (κ2) is 8.36. The van der Waals surface area contributed by atoms with Gasteiger partial charge in [-0.3, -0.25) is 9.48 Å². The molecule has 1 aromatic heterocycles. The third-order valence-corrected chi connectivity index (χ3v) is 5.10. The van der Waals surface area contributed by atoms with Crippen LogP contribution < -0.4 is 4.74 Å². The van der Waals surface area contributed by atoms with Gasteiger partial charge >= 0.3 is 0 Å². The van der Waals surface area contributed by atoms with E-state index in [-0.39, 0.29) is 5.91 Å². The molecule has 0 saturated heterocycles. The Balaban J connectivity index is 1.81. The standard InChI is InChI=1S/C20H28N4O2/c1-4-22(5-2)12-16-13-23(15-18-10-11-21-24(18)14-16)20(25)17-6-8-19(26-3)9-7-17/h6-11,16H,4-5,12-15H2,1-3H3/t16-/m1/s1. The van der Waals surface area contributed by atoms with Gasteiger partial charge in [-0.2, -0.15) is 5.10 Å². The molecule has 2 heterocycles. The zero-order valence-electron chi connectivity index (χ0n) is 15.9. The van der Waals surface area contributed by atoms with Gasteiger partial charge in [-0.15, -0.1) is 0 Å². The zero-order valence-corrected chi connectivity index (χ0v) is 15.9. The summed E-state index contributed by atoms with van der Waals surface area (Å²) in [7, 11) is 1.63. The average molecular weight is 356 g/mol. The average Bonchev–Trinajstić information content (AvgIpc) is 3.03. The molecular formula is C20H28N4O2. The van der Waals surface area contributed by atoms with E-state index in [1.165, 1.54) is 0 Å². The van der Waals surface area contributed by atoms with Crippen molar-refractivity contribution < 1.29 is 9.53 Å². The number of carbonyl (C=O) groups is 1. The van der Waals surface area contributed by atoms with E-state index in [1.54, 1.807) is 7.11 Å². The van der Waals surface area contributed by atoms with E-state index in [2.05, 4.69) is 28.5 Å². The Kier molecular flexibility index (Phi) is 5.93. The normalized spacial score (nSPS) is 17.1. The number of carbonyl (C=O) groups excluding carboxylic acids is 1. The molecule has 0 bridgehead atoms. The van der Waals surface area contributed by atoms with Crippen LogP contribution in [0.3, 0.4) is 0 Å². The molecule has 0 spiro atoms. The van der Waals surface area contributed by atoms with Crippen molar-refractivity contribution in [3.8, 4) is 5.75 Å². The fraction of sp³-hybridized carbons (Fsp3) is 0.500. The minimum absolute atomic E-state index is 0.0619. The number of methoxy groups -OCH3 is 1. The Morgan fingerprint density at radius 2 is 1.92 bits per heavy atom. The molecule has 3 rings (SSSR count). The van der Waals surface area contributed by atoms with Crippen LogP contribution in [0.5, 0.6) is 5.75 Å². The lowest BCUT2D eigenvalue weighted by molar-refractivity contribution is 0.0706. The van der Waals surface area contributed by atoms with Gasteiger partial charge in [0.05, 0.1) is 19.3 Å². The number of aromatic nitrogens is 2. The van der Waals surface area contributed by atoms with Crippen LogP contribution in [0.1, 0.15) is 29.9 Å². The maximum absolute atomic E-state index is 13.1. The lowest BCUT2D eigenvalue weighted by atomic mass is 10.1. The van der Waals surface area contributed by atoms with Crippen molar-refractivity contribution in [2.45, 2.75) is 26.9 Å². The van der Waals surface area contributed by atoms with E-state index in [1.807, 2.05) is 41.4 Å². The summed E-state index contributed by atoms with van der Waals surface area (Å²) in [6, 6.07) is 9.35. The maximum Gasteiger partial charge on any atom is 0.254 e. The molecule has 0 radical (unpaired) electrons. The molecule has 0 unspecified atom stereocenters. The van der Waals surface area contributed by atoms with Crippen LogP contribution in [0, 0.1) is 5.92 Å². The number of ether oxygens (including phenoxy) is 1. The van der Waals surface area contributed by atoms with Gasteiger partial charge in [-0.05, 0) is 43.4 Å². The molecule has 0 saturated carbocycles. The summed E-state index contributed by atoms with van der Waals surface area (Å²) in [5.74, 6) is 1.18. The van der Waals surface area contributed by atoms with Gasteiger partial charge in [-0.1, -0.05) is 13.8 Å². The second-order valence-corrected chi connectivity index (χ2v) is 6.77. The maximum atomic E-state index is 13.1. The van der Waals surface area contributed by atoms with E-state index in [4.69, 9.17) is 4.74 Å². The monoisotopic (exact) mass is 356 g/mol. The number of rotatable bonds is 6. The minimum atomic E-state index is 0.0619. The van der Waals surface area contributed by atoms with Crippen LogP contribution in [-0.4, -0.2) is 58.8 Å². The second-order valence-electron chi connectivity index (χ2n) is 6.77. The highest BCUT2D eigenvalue weighted by Gasteiger charge is 2.27. The van der Waals surface area contributed by atoms with Gasteiger partial charge in [0.25, 0.3) is 5.91 Å². The van der Waals surface area contributed by atoms with Gasteiger partial charge in [0, 0.05) is 37.3 Å². The molecule has 6 nitrogen and oxygen atoms in total. The molecule has 1 aliphatic rings. The predicted octanol–water partition coefficient (Wildman–Crippen LogP) is 2.51. The zero-order chi connectivity index (χ0) is 18.5. The first-order valence-corrected chi connectivity index (χ1v) is 9.31. The summed E-state index contributed by atoms with van der Waals surface area (Å²) in [5, 5.41) is 4.46. The smallest absolute Gasteiger partial charge is 0.254 e. The molecule has 1 aliphatic heterocycles. The summed E-state index contributed by atoms with van der Waals surface area (Å²) in [6.45, 7) is 9.56. The van der Waals surface area contributed by atoms with E-state index in [0.29, 0.717) is 18.0 Å². The summed E-state index contributed by atoms with van der Waals surface area (Å²) >= 11 is 0. The molecule has 26 heavy (non-hydrogen) atoms. The third kappa shape index (κ3) is 4.07. The highest BCUT2D eigenvalue weighted by atomic mass is 16.5. The highest BCUT2D eigenvalue weighted by Crippen LogP contribution is 2.20. The number of hydrogen-bond acceptors (Lipinski definition) is 4. The molecule has 0 aliphatic carbocycles. The number of benzene rings is 1. The first-order chi connectivity index (χ1) is 12.6. The van der Waals surface area contributed by atoms with Crippen LogP contribution in [0.15, 0.2) is 36.5 Å². The summed E-state index contributed by atoms with van der Waals surface area (Å²) in [5.41, 5.74) is 1.79. The Morgan fingerprint density at radius 3 is 2.58 bits per heavy atom. The quantitative estimate of drug-likeness (QED) is 0.798. The van der Waals surface area contributed by atoms with E-state index >= 15 is 0 Å². The van der Waals surface area contributed by atoms with Crippen molar-refractivity contribution in [3.05, 3.63) is 47.8 Å². The first kappa shape index (κ1) is 18.5. The van der Waals surface area contributed by atoms with Gasteiger partial charge in [-0.25, -0.2) is 0 Å². The first-order valence-electron chi connectivity index (χ1n) is 9.31. The predicted molar refractivity (Wildman–Crippen MR) is 101 cm³/mol. The largest absolute Gasteiger partial charge is 0.497 e. The molecule has 1 atom stereocenters. The number of fused-ring (bicyclic) bond motifs is 1. The van der Waals surface area contributed by atoms with Gasteiger partial charge < -0.3 is 14.5 Å². The molecule has 6 heteroatoms. The van der Waals surface area contributed by atoms with Crippen LogP contribution >= 0.6 is 0 Å². The Morgan fingerprint density at radius 1 is 1.19 bits per heavy atom. The summed E-state index contributed by atoms with van der Waals surface area (Å²) < 4.78 is 7.25. The molecule has 0 fully saturated rings.